The van der Waals surface area contributed by atoms with Gasteiger partial charge in [-0.3, -0.25) is 9.59 Å². The highest BCUT2D eigenvalue weighted by Crippen LogP contribution is 2.16. The summed E-state index contributed by atoms with van der Waals surface area (Å²) in [6.07, 6.45) is 0. The number of anilines is 1. The van der Waals surface area contributed by atoms with Gasteiger partial charge in [-0.05, 0) is 36.4 Å². The molecule has 116 valence electrons. The van der Waals surface area contributed by atoms with Crippen molar-refractivity contribution in [1.29, 1.82) is 0 Å². The molecule has 0 aliphatic carbocycles. The number of aromatic nitrogens is 1. The van der Waals surface area contributed by atoms with Crippen molar-refractivity contribution in [3.63, 3.8) is 0 Å². The van der Waals surface area contributed by atoms with E-state index in [1.807, 2.05) is 24.3 Å². The van der Waals surface area contributed by atoms with E-state index < -0.39 is 0 Å². The van der Waals surface area contributed by atoms with E-state index in [1.165, 1.54) is 4.57 Å². The molecule has 3 aromatic rings. The first-order valence-corrected chi connectivity index (χ1v) is 7.14. The first-order chi connectivity index (χ1) is 11.1. The lowest BCUT2D eigenvalue weighted by molar-refractivity contribution is 0.102. The van der Waals surface area contributed by atoms with Crippen molar-refractivity contribution in [1.82, 2.24) is 4.57 Å². The van der Waals surface area contributed by atoms with Crippen LogP contribution < -0.4 is 15.6 Å². The topological polar surface area (TPSA) is 60.3 Å². The smallest absolute Gasteiger partial charge is 0.274 e. The number of nitrogens with zero attached hydrogens (tertiary/aromatic N) is 1. The number of pyridine rings is 1. The van der Waals surface area contributed by atoms with Crippen molar-refractivity contribution in [2.24, 2.45) is 7.05 Å². The Morgan fingerprint density at radius 2 is 1.78 bits per heavy atom. The third kappa shape index (κ3) is 2.81. The lowest BCUT2D eigenvalue weighted by atomic mass is 10.1. The molecule has 0 aliphatic heterocycles. The highest BCUT2D eigenvalue weighted by molar-refractivity contribution is 6.05. The van der Waals surface area contributed by atoms with E-state index >= 15 is 0 Å². The molecule has 5 heteroatoms. The van der Waals surface area contributed by atoms with Crippen LogP contribution in [0.5, 0.6) is 5.75 Å². The van der Waals surface area contributed by atoms with E-state index in [9.17, 15) is 9.59 Å². The zero-order chi connectivity index (χ0) is 16.4. The third-order valence-corrected chi connectivity index (χ3v) is 3.73. The Bertz CT molecular complexity index is 927. The Labute approximate surface area is 133 Å². The van der Waals surface area contributed by atoms with Crippen LogP contribution in [0.4, 0.5) is 5.69 Å². The Morgan fingerprint density at radius 3 is 2.48 bits per heavy atom. The average molecular weight is 308 g/mol. The van der Waals surface area contributed by atoms with E-state index in [4.69, 9.17) is 4.74 Å². The lowest BCUT2D eigenvalue weighted by Crippen LogP contribution is -2.24. The van der Waals surface area contributed by atoms with Gasteiger partial charge in [-0.15, -0.1) is 0 Å². The van der Waals surface area contributed by atoms with E-state index in [0.29, 0.717) is 11.3 Å². The Balaban J connectivity index is 1.95. The van der Waals surface area contributed by atoms with Crippen LogP contribution in [-0.4, -0.2) is 17.6 Å². The number of ether oxygens (including phenoxy) is 1. The second kappa shape index (κ2) is 5.96. The number of fused-ring (bicyclic) bond motifs is 1. The fourth-order valence-electron chi connectivity index (χ4n) is 2.45. The number of carbonyl (C=O) groups excluding carboxylic acids is 1. The molecule has 0 radical (unpaired) electrons. The number of hydrogen-bond acceptors (Lipinski definition) is 3. The van der Waals surface area contributed by atoms with Gasteiger partial charge in [0.2, 0.25) is 0 Å². The number of para-hydroxylation sites is 1. The number of aryl methyl sites for hydroxylation is 1. The quantitative estimate of drug-likeness (QED) is 0.809. The Kier molecular flexibility index (Phi) is 3.85. The summed E-state index contributed by atoms with van der Waals surface area (Å²) in [5.74, 6) is 0.336. The zero-order valence-electron chi connectivity index (χ0n) is 12.9. The number of rotatable bonds is 3. The predicted molar refractivity (Wildman–Crippen MR) is 90.1 cm³/mol. The van der Waals surface area contributed by atoms with E-state index in [2.05, 4.69) is 5.32 Å². The zero-order valence-corrected chi connectivity index (χ0v) is 12.9. The predicted octanol–water partition coefficient (Wildman–Crippen LogP) is 2.80. The Hall–Kier alpha value is -3.08. The first kappa shape index (κ1) is 14.8. The molecule has 0 saturated carbocycles. The number of carbonyl (C=O) groups is 1. The molecule has 5 nitrogen and oxygen atoms in total. The first-order valence-electron chi connectivity index (χ1n) is 7.14. The molecular weight excluding hydrogens is 292 g/mol. The van der Waals surface area contributed by atoms with Crippen LogP contribution in [0.3, 0.4) is 0 Å². The summed E-state index contributed by atoms with van der Waals surface area (Å²) in [4.78, 5) is 24.7. The monoisotopic (exact) mass is 308 g/mol. The van der Waals surface area contributed by atoms with Crippen LogP contribution in [0.1, 0.15) is 10.4 Å². The third-order valence-electron chi connectivity index (χ3n) is 3.73. The normalized spacial score (nSPS) is 10.5. The molecule has 0 bridgehead atoms. The van der Waals surface area contributed by atoms with Crippen molar-refractivity contribution in [2.45, 2.75) is 0 Å². The molecule has 0 aliphatic rings. The van der Waals surface area contributed by atoms with Crippen molar-refractivity contribution >= 4 is 22.5 Å². The maximum absolute atomic E-state index is 12.4. The van der Waals surface area contributed by atoms with E-state index in [1.54, 1.807) is 44.5 Å². The van der Waals surface area contributed by atoms with Crippen LogP contribution in [0.25, 0.3) is 10.9 Å². The van der Waals surface area contributed by atoms with Crippen LogP contribution in [0.2, 0.25) is 0 Å². The van der Waals surface area contributed by atoms with Crippen LogP contribution in [0, 0.1) is 0 Å². The van der Waals surface area contributed by atoms with Gasteiger partial charge in [-0.25, -0.2) is 0 Å². The van der Waals surface area contributed by atoms with Gasteiger partial charge in [-0.1, -0.05) is 18.2 Å². The summed E-state index contributed by atoms with van der Waals surface area (Å²) in [6.45, 7) is 0. The second-order valence-electron chi connectivity index (χ2n) is 5.16. The highest BCUT2D eigenvalue weighted by Gasteiger charge is 2.11. The molecule has 0 spiro atoms. The molecule has 2 aromatic carbocycles. The summed E-state index contributed by atoms with van der Waals surface area (Å²) >= 11 is 0. The number of hydrogen-bond donors (Lipinski definition) is 1. The van der Waals surface area contributed by atoms with Gasteiger partial charge >= 0.3 is 0 Å². The minimum Gasteiger partial charge on any atom is -0.497 e. The van der Waals surface area contributed by atoms with Crippen LogP contribution in [0.15, 0.2) is 59.4 Å². The number of benzene rings is 2. The number of amides is 1. The van der Waals surface area contributed by atoms with Gasteiger partial charge < -0.3 is 14.6 Å². The van der Waals surface area contributed by atoms with Crippen molar-refractivity contribution in [3.8, 4) is 5.75 Å². The minimum atomic E-state index is -0.333. The fraction of sp³-hybridized carbons (Fsp3) is 0.111. The van der Waals surface area contributed by atoms with E-state index in [-0.39, 0.29) is 17.2 Å². The summed E-state index contributed by atoms with van der Waals surface area (Å²) in [7, 11) is 3.25. The minimum absolute atomic E-state index is 0.245. The van der Waals surface area contributed by atoms with Gasteiger partial charge in [0.05, 0.1) is 12.6 Å². The maximum atomic E-state index is 12.4. The van der Waals surface area contributed by atoms with Crippen LogP contribution >= 0.6 is 0 Å². The molecular formula is C18H16N2O3. The largest absolute Gasteiger partial charge is 0.497 e. The molecule has 1 amide bonds. The van der Waals surface area contributed by atoms with Crippen LogP contribution in [-0.2, 0) is 7.05 Å². The van der Waals surface area contributed by atoms with E-state index in [0.717, 1.165) is 10.9 Å². The standard InChI is InChI=1S/C18H16N2O3/c1-20-16-6-4-3-5-13(16)11-15(18(20)22)19-17(21)12-7-9-14(23-2)10-8-12/h3-11H,1-2H3,(H,19,21). The molecule has 1 heterocycles. The Morgan fingerprint density at radius 1 is 1.09 bits per heavy atom. The van der Waals surface area contributed by atoms with Crippen molar-refractivity contribution in [3.05, 3.63) is 70.5 Å². The summed E-state index contributed by atoms with van der Waals surface area (Å²) < 4.78 is 6.59. The molecule has 0 saturated heterocycles. The van der Waals surface area contributed by atoms with Gasteiger partial charge in [0.15, 0.2) is 0 Å². The average Bonchev–Trinajstić information content (AvgIpc) is 2.59. The van der Waals surface area contributed by atoms with Gasteiger partial charge in [-0.2, -0.15) is 0 Å². The van der Waals surface area contributed by atoms with Crippen molar-refractivity contribution < 1.29 is 9.53 Å². The molecule has 3 rings (SSSR count). The highest BCUT2D eigenvalue weighted by atomic mass is 16.5. The number of nitrogens with one attached hydrogen (secondary N) is 1. The summed E-state index contributed by atoms with van der Waals surface area (Å²) in [5, 5.41) is 3.57. The van der Waals surface area contributed by atoms with Gasteiger partial charge in [0.25, 0.3) is 11.5 Å². The summed E-state index contributed by atoms with van der Waals surface area (Å²) in [5.41, 5.74) is 1.29. The van der Waals surface area contributed by atoms with Gasteiger partial charge in [0.1, 0.15) is 11.4 Å². The fourth-order valence-corrected chi connectivity index (χ4v) is 2.45. The number of methoxy groups -OCH3 is 1. The molecule has 0 fully saturated rings. The maximum Gasteiger partial charge on any atom is 0.274 e. The van der Waals surface area contributed by atoms with Crippen molar-refractivity contribution in [2.75, 3.05) is 12.4 Å². The molecule has 0 unspecified atom stereocenters. The molecule has 1 aromatic heterocycles. The summed E-state index contributed by atoms with van der Waals surface area (Å²) in [6, 6.07) is 15.9. The van der Waals surface area contributed by atoms with Gasteiger partial charge in [0, 0.05) is 18.0 Å². The molecule has 1 N–H and O–H groups in total. The molecule has 23 heavy (non-hydrogen) atoms. The second-order valence-corrected chi connectivity index (χ2v) is 5.16. The molecule has 0 atom stereocenters. The lowest BCUT2D eigenvalue weighted by Gasteiger charge is -2.10. The SMILES string of the molecule is COc1ccc(C(=O)Nc2cc3ccccc3n(C)c2=O)cc1.